The van der Waals surface area contributed by atoms with Gasteiger partial charge in [-0.3, -0.25) is 4.98 Å². The second-order valence-electron chi connectivity index (χ2n) is 4.59. The van der Waals surface area contributed by atoms with Gasteiger partial charge < -0.3 is 10.4 Å². The number of aromatic nitrogens is 1. The summed E-state index contributed by atoms with van der Waals surface area (Å²) in [6, 6.07) is 14.7. The molecule has 2 N–H and O–H groups in total. The Morgan fingerprint density at radius 3 is 2.65 bits per heavy atom. The summed E-state index contributed by atoms with van der Waals surface area (Å²) >= 11 is 6.20. The number of phenols is 1. The average molecular weight is 285 g/mol. The van der Waals surface area contributed by atoms with Gasteiger partial charge in [-0.25, -0.2) is 0 Å². The number of fused-ring (bicyclic) bond motifs is 1. The van der Waals surface area contributed by atoms with Crippen LogP contribution in [-0.2, 0) is 0 Å². The number of anilines is 2. The minimum absolute atomic E-state index is 0.206. The first-order chi connectivity index (χ1) is 9.65. The highest BCUT2D eigenvalue weighted by atomic mass is 35.5. The molecule has 0 radical (unpaired) electrons. The van der Waals surface area contributed by atoms with Crippen molar-refractivity contribution in [1.82, 2.24) is 4.98 Å². The van der Waals surface area contributed by atoms with Gasteiger partial charge in [0.1, 0.15) is 5.75 Å². The van der Waals surface area contributed by atoms with E-state index in [-0.39, 0.29) is 5.75 Å². The van der Waals surface area contributed by atoms with Gasteiger partial charge in [0.05, 0.1) is 16.2 Å². The fraction of sp³-hybridized carbons (Fsp3) is 0.0625. The van der Waals surface area contributed by atoms with Gasteiger partial charge in [-0.2, -0.15) is 0 Å². The smallest absolute Gasteiger partial charge is 0.139 e. The minimum atomic E-state index is 0.206. The summed E-state index contributed by atoms with van der Waals surface area (Å²) in [7, 11) is 0. The van der Waals surface area contributed by atoms with Crippen LogP contribution in [0.2, 0.25) is 5.02 Å². The number of halogens is 1. The molecular formula is C16H13ClN2O. The zero-order valence-corrected chi connectivity index (χ0v) is 11.6. The molecule has 1 heterocycles. The van der Waals surface area contributed by atoms with Crippen molar-refractivity contribution in [2.75, 3.05) is 5.32 Å². The first kappa shape index (κ1) is 12.8. The predicted molar refractivity (Wildman–Crippen MR) is 82.9 cm³/mol. The Labute approximate surface area is 121 Å². The van der Waals surface area contributed by atoms with Gasteiger partial charge >= 0.3 is 0 Å². The normalized spacial score (nSPS) is 10.7. The number of nitrogens with one attached hydrogen (secondary N) is 1. The van der Waals surface area contributed by atoms with Crippen LogP contribution in [0, 0.1) is 6.92 Å². The van der Waals surface area contributed by atoms with E-state index in [0.717, 1.165) is 22.3 Å². The van der Waals surface area contributed by atoms with Crippen LogP contribution >= 0.6 is 11.6 Å². The van der Waals surface area contributed by atoms with Crippen LogP contribution < -0.4 is 5.32 Å². The molecule has 20 heavy (non-hydrogen) atoms. The summed E-state index contributed by atoms with van der Waals surface area (Å²) in [6.07, 6.45) is 0. The lowest BCUT2D eigenvalue weighted by Gasteiger charge is -2.12. The minimum Gasteiger partial charge on any atom is -0.506 e. The lowest BCUT2D eigenvalue weighted by Crippen LogP contribution is -1.95. The number of benzene rings is 2. The number of para-hydroxylation sites is 3. The summed E-state index contributed by atoms with van der Waals surface area (Å²) in [5.74, 6) is 0.206. The van der Waals surface area contributed by atoms with E-state index in [9.17, 15) is 5.11 Å². The van der Waals surface area contributed by atoms with Crippen molar-refractivity contribution in [2.45, 2.75) is 6.92 Å². The maximum absolute atomic E-state index is 9.86. The second-order valence-corrected chi connectivity index (χ2v) is 5.00. The molecular weight excluding hydrogens is 272 g/mol. The van der Waals surface area contributed by atoms with E-state index >= 15 is 0 Å². The molecule has 0 aliphatic carbocycles. The third-order valence-corrected chi connectivity index (χ3v) is 3.40. The van der Waals surface area contributed by atoms with Gasteiger partial charge in [0.2, 0.25) is 0 Å². The summed E-state index contributed by atoms with van der Waals surface area (Å²) < 4.78 is 0. The average Bonchev–Trinajstić information content (AvgIpc) is 2.42. The first-order valence-electron chi connectivity index (χ1n) is 6.26. The molecule has 0 atom stereocenters. The highest BCUT2D eigenvalue weighted by Gasteiger charge is 2.08. The molecule has 3 rings (SSSR count). The van der Waals surface area contributed by atoms with Crippen molar-refractivity contribution in [3.8, 4) is 5.75 Å². The Morgan fingerprint density at radius 2 is 1.85 bits per heavy atom. The zero-order chi connectivity index (χ0) is 14.1. The predicted octanol–water partition coefficient (Wildman–Crippen LogP) is 4.65. The highest BCUT2D eigenvalue weighted by Crippen LogP contribution is 2.32. The summed E-state index contributed by atoms with van der Waals surface area (Å²) in [5, 5.41) is 14.6. The number of nitrogens with zero attached hydrogens (tertiary/aromatic N) is 1. The maximum atomic E-state index is 9.86. The zero-order valence-electron chi connectivity index (χ0n) is 10.9. The van der Waals surface area contributed by atoms with Crippen molar-refractivity contribution < 1.29 is 5.11 Å². The molecule has 0 spiro atoms. The molecule has 0 unspecified atom stereocenters. The first-order valence-corrected chi connectivity index (χ1v) is 6.64. The molecule has 3 nitrogen and oxygen atoms in total. The molecule has 2 aromatic carbocycles. The number of pyridine rings is 1. The lowest BCUT2D eigenvalue weighted by atomic mass is 10.1. The standard InChI is InChI=1S/C16H13ClN2O/c1-10-9-14(19-13-7-2-3-8-15(13)20)11-5-4-6-12(17)16(11)18-10/h2-9,20H,1H3,(H,18,19). The molecule has 1 aromatic heterocycles. The van der Waals surface area contributed by atoms with Crippen LogP contribution in [0.25, 0.3) is 10.9 Å². The number of hydrogen-bond donors (Lipinski definition) is 2. The second kappa shape index (κ2) is 5.02. The Hall–Kier alpha value is -2.26. The van der Waals surface area contributed by atoms with Crippen LogP contribution in [0.4, 0.5) is 11.4 Å². The van der Waals surface area contributed by atoms with Gasteiger partial charge in [-0.05, 0) is 31.2 Å². The Morgan fingerprint density at radius 1 is 1.05 bits per heavy atom. The van der Waals surface area contributed by atoms with E-state index in [1.807, 2.05) is 43.3 Å². The fourth-order valence-corrected chi connectivity index (χ4v) is 2.39. The van der Waals surface area contributed by atoms with Gasteiger partial charge in [-0.1, -0.05) is 35.9 Å². The Balaban J connectivity index is 2.17. The quantitative estimate of drug-likeness (QED) is 0.674. The molecule has 0 aliphatic heterocycles. The molecule has 0 amide bonds. The monoisotopic (exact) mass is 284 g/mol. The summed E-state index contributed by atoms with van der Waals surface area (Å²) in [5.41, 5.74) is 3.14. The van der Waals surface area contributed by atoms with E-state index in [1.54, 1.807) is 12.1 Å². The fourth-order valence-electron chi connectivity index (χ4n) is 2.17. The van der Waals surface area contributed by atoms with Crippen LogP contribution in [0.1, 0.15) is 5.69 Å². The van der Waals surface area contributed by atoms with Crippen LogP contribution in [0.15, 0.2) is 48.5 Å². The summed E-state index contributed by atoms with van der Waals surface area (Å²) in [6.45, 7) is 1.92. The maximum Gasteiger partial charge on any atom is 0.139 e. The van der Waals surface area contributed by atoms with Crippen LogP contribution in [0.3, 0.4) is 0 Å². The number of aromatic hydroxyl groups is 1. The van der Waals surface area contributed by atoms with E-state index in [2.05, 4.69) is 10.3 Å². The van der Waals surface area contributed by atoms with E-state index in [1.165, 1.54) is 0 Å². The topological polar surface area (TPSA) is 45.1 Å². The SMILES string of the molecule is Cc1cc(Nc2ccccc2O)c2cccc(Cl)c2n1. The van der Waals surface area contributed by atoms with Crippen molar-refractivity contribution in [3.63, 3.8) is 0 Å². The molecule has 0 bridgehead atoms. The van der Waals surface area contributed by atoms with Crippen molar-refractivity contribution in [1.29, 1.82) is 0 Å². The molecule has 3 aromatic rings. The number of rotatable bonds is 2. The lowest BCUT2D eigenvalue weighted by molar-refractivity contribution is 0.478. The van der Waals surface area contributed by atoms with Gasteiger partial charge in [0, 0.05) is 16.8 Å². The van der Waals surface area contributed by atoms with Crippen LogP contribution in [0.5, 0.6) is 5.75 Å². The molecule has 4 heteroatoms. The molecule has 100 valence electrons. The number of aryl methyl sites for hydroxylation is 1. The number of hydrogen-bond acceptors (Lipinski definition) is 3. The van der Waals surface area contributed by atoms with E-state index in [0.29, 0.717) is 10.7 Å². The van der Waals surface area contributed by atoms with Crippen LogP contribution in [-0.4, -0.2) is 10.1 Å². The molecule has 0 fully saturated rings. The largest absolute Gasteiger partial charge is 0.506 e. The summed E-state index contributed by atoms with van der Waals surface area (Å²) in [4.78, 5) is 4.47. The Bertz CT molecular complexity index is 787. The van der Waals surface area contributed by atoms with Gasteiger partial charge in [-0.15, -0.1) is 0 Å². The Kier molecular flexibility index (Phi) is 3.20. The molecule has 0 saturated heterocycles. The van der Waals surface area contributed by atoms with Gasteiger partial charge in [0.15, 0.2) is 0 Å². The van der Waals surface area contributed by atoms with E-state index < -0.39 is 0 Å². The van der Waals surface area contributed by atoms with Crippen molar-refractivity contribution >= 4 is 33.9 Å². The molecule has 0 aliphatic rings. The van der Waals surface area contributed by atoms with Crippen molar-refractivity contribution in [2.24, 2.45) is 0 Å². The number of phenolic OH excluding ortho intramolecular Hbond substituents is 1. The van der Waals surface area contributed by atoms with Gasteiger partial charge in [0.25, 0.3) is 0 Å². The molecule has 0 saturated carbocycles. The highest BCUT2D eigenvalue weighted by molar-refractivity contribution is 6.35. The third-order valence-electron chi connectivity index (χ3n) is 3.09. The van der Waals surface area contributed by atoms with Crippen molar-refractivity contribution in [3.05, 3.63) is 59.2 Å². The van der Waals surface area contributed by atoms with E-state index in [4.69, 9.17) is 11.6 Å². The third kappa shape index (κ3) is 2.28.